The van der Waals surface area contributed by atoms with Crippen LogP contribution >= 0.6 is 0 Å². The van der Waals surface area contributed by atoms with E-state index in [1.54, 1.807) is 52.0 Å². The summed E-state index contributed by atoms with van der Waals surface area (Å²) in [4.78, 5) is 23.8. The second kappa shape index (κ2) is 6.41. The van der Waals surface area contributed by atoms with Gasteiger partial charge >= 0.3 is 6.09 Å². The highest BCUT2D eigenvalue weighted by Crippen LogP contribution is 2.14. The molecular formula is C15H21NO4. The van der Waals surface area contributed by atoms with Gasteiger partial charge in [-0.25, -0.2) is 4.79 Å². The Kier molecular flexibility index (Phi) is 5.13. The average molecular weight is 279 g/mol. The van der Waals surface area contributed by atoms with Crippen LogP contribution in [-0.2, 0) is 4.74 Å². The van der Waals surface area contributed by atoms with Crippen molar-refractivity contribution in [2.75, 3.05) is 7.11 Å². The molecule has 1 rings (SSSR count). The number of ketones is 1. The molecule has 0 bridgehead atoms. The van der Waals surface area contributed by atoms with Gasteiger partial charge < -0.3 is 14.8 Å². The number of methoxy groups -OCH3 is 1. The SMILES string of the molecule is COc1cccc(C(=O)C(C)NC(=O)OC(C)(C)C)c1. The number of alkyl carbamates (subject to hydrolysis) is 1. The predicted molar refractivity (Wildman–Crippen MR) is 76.2 cm³/mol. The van der Waals surface area contributed by atoms with Gasteiger partial charge in [-0.3, -0.25) is 4.79 Å². The summed E-state index contributed by atoms with van der Waals surface area (Å²) in [5, 5.41) is 2.52. The van der Waals surface area contributed by atoms with Gasteiger partial charge in [0.15, 0.2) is 5.78 Å². The van der Waals surface area contributed by atoms with Crippen LogP contribution in [0.5, 0.6) is 5.75 Å². The number of Topliss-reactive ketones (excluding diaryl/α,β-unsaturated/α-hetero) is 1. The molecule has 5 heteroatoms. The number of ether oxygens (including phenoxy) is 2. The molecule has 0 aliphatic rings. The van der Waals surface area contributed by atoms with Gasteiger partial charge in [0, 0.05) is 5.56 Å². The van der Waals surface area contributed by atoms with E-state index in [0.29, 0.717) is 11.3 Å². The standard InChI is InChI=1S/C15H21NO4/c1-10(16-14(18)20-15(2,3)4)13(17)11-7-6-8-12(9-11)19-5/h6-10H,1-5H3,(H,16,18). The molecule has 20 heavy (non-hydrogen) atoms. The molecule has 0 spiro atoms. The first-order valence-electron chi connectivity index (χ1n) is 6.40. The van der Waals surface area contributed by atoms with Crippen molar-refractivity contribution in [2.45, 2.75) is 39.3 Å². The number of hydrogen-bond acceptors (Lipinski definition) is 4. The number of benzene rings is 1. The van der Waals surface area contributed by atoms with E-state index < -0.39 is 17.7 Å². The van der Waals surface area contributed by atoms with Crippen LogP contribution in [0.2, 0.25) is 0 Å². The molecule has 1 aromatic rings. The summed E-state index contributed by atoms with van der Waals surface area (Å²) < 4.78 is 10.2. The topological polar surface area (TPSA) is 64.6 Å². The average Bonchev–Trinajstić information content (AvgIpc) is 2.35. The van der Waals surface area contributed by atoms with E-state index in [9.17, 15) is 9.59 Å². The molecule has 1 atom stereocenters. The largest absolute Gasteiger partial charge is 0.497 e. The Morgan fingerprint density at radius 2 is 1.90 bits per heavy atom. The van der Waals surface area contributed by atoms with Crippen LogP contribution in [0.15, 0.2) is 24.3 Å². The molecule has 1 unspecified atom stereocenters. The number of rotatable bonds is 4. The number of amides is 1. The molecule has 0 radical (unpaired) electrons. The number of carbonyl (C=O) groups excluding carboxylic acids is 2. The summed E-state index contributed by atoms with van der Waals surface area (Å²) in [6.07, 6.45) is -0.610. The first-order chi connectivity index (χ1) is 9.23. The van der Waals surface area contributed by atoms with Gasteiger partial charge in [-0.1, -0.05) is 12.1 Å². The monoisotopic (exact) mass is 279 g/mol. The Balaban J connectivity index is 2.69. The zero-order valence-corrected chi connectivity index (χ0v) is 12.5. The van der Waals surface area contributed by atoms with E-state index in [-0.39, 0.29) is 5.78 Å². The van der Waals surface area contributed by atoms with E-state index in [4.69, 9.17) is 9.47 Å². The molecule has 0 aromatic heterocycles. The predicted octanol–water partition coefficient (Wildman–Crippen LogP) is 2.79. The highest BCUT2D eigenvalue weighted by molar-refractivity contribution is 6.01. The molecule has 0 heterocycles. The van der Waals surface area contributed by atoms with Gasteiger partial charge in [-0.05, 0) is 39.8 Å². The molecule has 0 saturated heterocycles. The summed E-state index contributed by atoms with van der Waals surface area (Å²) in [6.45, 7) is 6.91. The third kappa shape index (κ3) is 4.91. The Hall–Kier alpha value is -2.04. The molecule has 0 fully saturated rings. The Morgan fingerprint density at radius 3 is 2.45 bits per heavy atom. The van der Waals surface area contributed by atoms with Crippen LogP contribution in [0.3, 0.4) is 0 Å². The summed E-state index contributed by atoms with van der Waals surface area (Å²) in [6, 6.07) is 6.12. The Labute approximate surface area is 119 Å². The van der Waals surface area contributed by atoms with E-state index >= 15 is 0 Å². The van der Waals surface area contributed by atoms with Crippen LogP contribution in [0.25, 0.3) is 0 Å². The minimum absolute atomic E-state index is 0.199. The molecular weight excluding hydrogens is 258 g/mol. The minimum Gasteiger partial charge on any atom is -0.497 e. The first-order valence-corrected chi connectivity index (χ1v) is 6.40. The minimum atomic E-state index is -0.669. The van der Waals surface area contributed by atoms with E-state index in [0.717, 1.165) is 0 Å². The lowest BCUT2D eigenvalue weighted by Crippen LogP contribution is -2.41. The van der Waals surface area contributed by atoms with Crippen LogP contribution < -0.4 is 10.1 Å². The quantitative estimate of drug-likeness (QED) is 0.861. The fourth-order valence-electron chi connectivity index (χ4n) is 1.58. The zero-order chi connectivity index (χ0) is 15.3. The van der Waals surface area contributed by atoms with Crippen molar-refractivity contribution in [1.29, 1.82) is 0 Å². The summed E-state index contributed by atoms with van der Waals surface area (Å²) in [5.74, 6) is 0.398. The lowest BCUT2D eigenvalue weighted by Gasteiger charge is -2.21. The number of nitrogens with one attached hydrogen (secondary N) is 1. The van der Waals surface area contributed by atoms with Crippen LogP contribution in [0.4, 0.5) is 4.79 Å². The van der Waals surface area contributed by atoms with Gasteiger partial charge in [0.2, 0.25) is 0 Å². The fraction of sp³-hybridized carbons (Fsp3) is 0.467. The summed E-state index contributed by atoms with van der Waals surface area (Å²) in [5.41, 5.74) is -0.115. The highest BCUT2D eigenvalue weighted by Gasteiger charge is 2.22. The molecule has 1 N–H and O–H groups in total. The van der Waals surface area contributed by atoms with Crippen molar-refractivity contribution in [3.05, 3.63) is 29.8 Å². The van der Waals surface area contributed by atoms with Crippen molar-refractivity contribution in [2.24, 2.45) is 0 Å². The van der Waals surface area contributed by atoms with Gasteiger partial charge in [0.25, 0.3) is 0 Å². The van der Waals surface area contributed by atoms with E-state index in [1.165, 1.54) is 7.11 Å². The number of hydrogen-bond donors (Lipinski definition) is 1. The second-order valence-electron chi connectivity index (χ2n) is 5.46. The van der Waals surface area contributed by atoms with Crippen molar-refractivity contribution >= 4 is 11.9 Å². The molecule has 0 saturated carbocycles. The normalized spacial score (nSPS) is 12.4. The third-order valence-electron chi connectivity index (χ3n) is 2.48. The number of carbonyl (C=O) groups is 2. The second-order valence-corrected chi connectivity index (χ2v) is 5.46. The van der Waals surface area contributed by atoms with Crippen LogP contribution in [0, 0.1) is 0 Å². The van der Waals surface area contributed by atoms with E-state index in [2.05, 4.69) is 5.32 Å². The lowest BCUT2D eigenvalue weighted by atomic mass is 10.1. The van der Waals surface area contributed by atoms with Gasteiger partial charge in [-0.2, -0.15) is 0 Å². The van der Waals surface area contributed by atoms with Gasteiger partial charge in [-0.15, -0.1) is 0 Å². The molecule has 1 amide bonds. The highest BCUT2D eigenvalue weighted by atomic mass is 16.6. The Morgan fingerprint density at radius 1 is 1.25 bits per heavy atom. The van der Waals surface area contributed by atoms with Gasteiger partial charge in [0.1, 0.15) is 11.4 Å². The van der Waals surface area contributed by atoms with Crippen LogP contribution in [0.1, 0.15) is 38.1 Å². The van der Waals surface area contributed by atoms with E-state index in [1.807, 2.05) is 0 Å². The summed E-state index contributed by atoms with van der Waals surface area (Å²) >= 11 is 0. The Bertz CT molecular complexity index is 491. The maximum absolute atomic E-state index is 12.2. The molecule has 0 aliphatic heterocycles. The van der Waals surface area contributed by atoms with Gasteiger partial charge in [0.05, 0.1) is 13.2 Å². The molecule has 110 valence electrons. The van der Waals surface area contributed by atoms with Crippen LogP contribution in [-0.4, -0.2) is 30.6 Å². The molecule has 1 aromatic carbocycles. The first kappa shape index (κ1) is 16.0. The van der Waals surface area contributed by atoms with Crippen molar-refractivity contribution in [3.8, 4) is 5.75 Å². The third-order valence-corrected chi connectivity index (χ3v) is 2.48. The zero-order valence-electron chi connectivity index (χ0n) is 12.5. The van der Waals surface area contributed by atoms with Crippen molar-refractivity contribution in [3.63, 3.8) is 0 Å². The van der Waals surface area contributed by atoms with Crippen molar-refractivity contribution < 1.29 is 19.1 Å². The molecule has 5 nitrogen and oxygen atoms in total. The smallest absolute Gasteiger partial charge is 0.408 e. The molecule has 0 aliphatic carbocycles. The summed E-state index contributed by atoms with van der Waals surface area (Å²) in [7, 11) is 1.53. The lowest BCUT2D eigenvalue weighted by molar-refractivity contribution is 0.0497. The maximum atomic E-state index is 12.2. The maximum Gasteiger partial charge on any atom is 0.408 e. The fourth-order valence-corrected chi connectivity index (χ4v) is 1.58. The van der Waals surface area contributed by atoms with Crippen molar-refractivity contribution in [1.82, 2.24) is 5.32 Å².